The molecule has 8 heteroatoms. The normalized spacial score (nSPS) is 22.8. The fourth-order valence-electron chi connectivity index (χ4n) is 3.40. The molecular weight excluding hydrogens is 298 g/mol. The van der Waals surface area contributed by atoms with Crippen LogP contribution in [0.4, 0.5) is 0 Å². The number of piperidine rings is 1. The third kappa shape index (κ3) is 3.52. The predicted octanol–water partition coefficient (Wildman–Crippen LogP) is 0.00560. The summed E-state index contributed by atoms with van der Waals surface area (Å²) >= 11 is 0. The molecule has 1 aromatic heterocycles. The van der Waals surface area contributed by atoms with Crippen LogP contribution in [-0.4, -0.2) is 76.7 Å². The lowest BCUT2D eigenvalue weighted by molar-refractivity contribution is -0.136. The Balaban J connectivity index is 1.51. The van der Waals surface area contributed by atoms with Crippen molar-refractivity contribution in [2.45, 2.75) is 25.2 Å². The molecule has 0 spiro atoms. The van der Waals surface area contributed by atoms with Crippen molar-refractivity contribution < 1.29 is 14.3 Å². The van der Waals surface area contributed by atoms with Crippen molar-refractivity contribution in [2.24, 2.45) is 5.92 Å². The van der Waals surface area contributed by atoms with Gasteiger partial charge in [-0.2, -0.15) is 5.10 Å². The number of aromatic nitrogens is 3. The lowest BCUT2D eigenvalue weighted by atomic mass is 9.95. The number of ether oxygens (including phenoxy) is 1. The molecule has 2 saturated heterocycles. The Morgan fingerprint density at radius 1 is 1.43 bits per heavy atom. The maximum atomic E-state index is 12.6. The van der Waals surface area contributed by atoms with Crippen molar-refractivity contribution in [1.82, 2.24) is 25.0 Å². The monoisotopic (exact) mass is 321 g/mol. The minimum absolute atomic E-state index is 0.0527. The predicted molar refractivity (Wildman–Crippen MR) is 81.5 cm³/mol. The van der Waals surface area contributed by atoms with E-state index in [1.165, 1.54) is 6.33 Å². The van der Waals surface area contributed by atoms with E-state index in [1.54, 1.807) is 12.0 Å². The van der Waals surface area contributed by atoms with E-state index in [-0.39, 0.29) is 17.7 Å². The van der Waals surface area contributed by atoms with Gasteiger partial charge < -0.3 is 14.5 Å². The molecule has 3 heterocycles. The van der Waals surface area contributed by atoms with Gasteiger partial charge >= 0.3 is 0 Å². The number of hydrogen-bond acceptors (Lipinski definition) is 5. The number of nitrogens with zero attached hydrogens (tertiary/aromatic N) is 4. The van der Waals surface area contributed by atoms with Crippen LogP contribution in [0.1, 0.15) is 31.0 Å². The van der Waals surface area contributed by atoms with Crippen LogP contribution in [0.2, 0.25) is 0 Å². The number of nitrogens with one attached hydrogen (secondary N) is 1. The average Bonchev–Trinajstić information content (AvgIpc) is 3.22. The Hall–Kier alpha value is -1.96. The molecule has 0 aliphatic carbocycles. The molecule has 0 saturated carbocycles. The van der Waals surface area contributed by atoms with Gasteiger partial charge in [0, 0.05) is 45.6 Å². The number of carbonyl (C=O) groups excluding carboxylic acids is 2. The van der Waals surface area contributed by atoms with Gasteiger partial charge in [-0.15, -0.1) is 0 Å². The summed E-state index contributed by atoms with van der Waals surface area (Å²) in [4.78, 5) is 32.4. The zero-order valence-corrected chi connectivity index (χ0v) is 13.4. The number of methoxy groups -OCH3 is 1. The number of amides is 2. The Labute approximate surface area is 135 Å². The van der Waals surface area contributed by atoms with Crippen molar-refractivity contribution in [3.8, 4) is 0 Å². The minimum atomic E-state index is -0.207. The Morgan fingerprint density at radius 2 is 2.22 bits per heavy atom. The smallest absolute Gasteiger partial charge is 0.227 e. The molecule has 8 nitrogen and oxygen atoms in total. The molecule has 2 aliphatic heterocycles. The van der Waals surface area contributed by atoms with E-state index < -0.39 is 0 Å². The van der Waals surface area contributed by atoms with Gasteiger partial charge in [0.25, 0.3) is 0 Å². The molecule has 1 aromatic rings. The summed E-state index contributed by atoms with van der Waals surface area (Å²) < 4.78 is 5.01. The van der Waals surface area contributed by atoms with Gasteiger partial charge in [-0.05, 0) is 12.8 Å². The van der Waals surface area contributed by atoms with Gasteiger partial charge in [0.05, 0.1) is 12.5 Å². The molecule has 1 N–H and O–H groups in total. The Bertz CT molecular complexity index is 539. The molecule has 1 unspecified atom stereocenters. The topological polar surface area (TPSA) is 91.4 Å². The van der Waals surface area contributed by atoms with Gasteiger partial charge in [0.15, 0.2) is 0 Å². The number of rotatable bonds is 5. The molecule has 126 valence electrons. The summed E-state index contributed by atoms with van der Waals surface area (Å²) in [6.45, 7) is 3.02. The van der Waals surface area contributed by atoms with Gasteiger partial charge in [0.2, 0.25) is 11.8 Å². The lowest BCUT2D eigenvalue weighted by Gasteiger charge is -2.32. The number of likely N-dealkylation sites (tertiary alicyclic amines) is 2. The SMILES string of the molecule is COCCN1CC(C(=O)N2CCC(c3ncn[nH]3)CC2)CC1=O. The van der Waals surface area contributed by atoms with Gasteiger partial charge in [-0.1, -0.05) is 0 Å². The maximum Gasteiger partial charge on any atom is 0.227 e. The zero-order chi connectivity index (χ0) is 16.2. The first-order valence-electron chi connectivity index (χ1n) is 8.09. The van der Waals surface area contributed by atoms with Crippen LogP contribution in [0.3, 0.4) is 0 Å². The Morgan fingerprint density at radius 3 is 2.87 bits per heavy atom. The first-order valence-corrected chi connectivity index (χ1v) is 8.09. The van der Waals surface area contributed by atoms with Crippen LogP contribution < -0.4 is 0 Å². The molecule has 0 bridgehead atoms. The molecule has 2 amide bonds. The number of carbonyl (C=O) groups is 2. The molecule has 23 heavy (non-hydrogen) atoms. The standard InChI is InChI=1S/C15H23N5O3/c1-23-7-6-20-9-12(8-13(20)21)15(22)19-4-2-11(3-5-19)14-16-10-17-18-14/h10-12H,2-9H2,1H3,(H,16,17,18). The number of aromatic amines is 1. The fraction of sp³-hybridized carbons (Fsp3) is 0.733. The number of hydrogen-bond donors (Lipinski definition) is 1. The molecule has 0 aromatic carbocycles. The zero-order valence-electron chi connectivity index (χ0n) is 13.4. The van der Waals surface area contributed by atoms with E-state index in [9.17, 15) is 9.59 Å². The van der Waals surface area contributed by atoms with E-state index in [0.29, 0.717) is 45.1 Å². The van der Waals surface area contributed by atoms with Gasteiger partial charge in [0.1, 0.15) is 12.2 Å². The molecule has 2 fully saturated rings. The van der Waals surface area contributed by atoms with Crippen molar-refractivity contribution in [3.63, 3.8) is 0 Å². The first-order chi connectivity index (χ1) is 11.2. The highest BCUT2D eigenvalue weighted by atomic mass is 16.5. The van der Waals surface area contributed by atoms with Gasteiger partial charge in [-0.3, -0.25) is 14.7 Å². The average molecular weight is 321 g/mol. The van der Waals surface area contributed by atoms with E-state index in [0.717, 1.165) is 18.7 Å². The molecule has 3 rings (SSSR count). The van der Waals surface area contributed by atoms with Crippen LogP contribution in [0.5, 0.6) is 0 Å². The second-order valence-electron chi connectivity index (χ2n) is 6.20. The second kappa shape index (κ2) is 7.08. The van der Waals surface area contributed by atoms with E-state index in [1.807, 2.05) is 4.90 Å². The van der Waals surface area contributed by atoms with Crippen LogP contribution in [-0.2, 0) is 14.3 Å². The third-order valence-corrected chi connectivity index (χ3v) is 4.76. The highest BCUT2D eigenvalue weighted by molar-refractivity contribution is 5.89. The summed E-state index contributed by atoms with van der Waals surface area (Å²) in [6.07, 6.45) is 3.61. The number of H-pyrrole nitrogens is 1. The maximum absolute atomic E-state index is 12.6. The minimum Gasteiger partial charge on any atom is -0.383 e. The van der Waals surface area contributed by atoms with Gasteiger partial charge in [-0.25, -0.2) is 4.98 Å². The van der Waals surface area contributed by atoms with Crippen LogP contribution in [0.25, 0.3) is 0 Å². The summed E-state index contributed by atoms with van der Waals surface area (Å²) in [7, 11) is 1.61. The van der Waals surface area contributed by atoms with Crippen molar-refractivity contribution >= 4 is 11.8 Å². The molecule has 0 radical (unpaired) electrons. The third-order valence-electron chi connectivity index (χ3n) is 4.76. The largest absolute Gasteiger partial charge is 0.383 e. The summed E-state index contributed by atoms with van der Waals surface area (Å²) in [6, 6.07) is 0. The summed E-state index contributed by atoms with van der Waals surface area (Å²) in [5, 5.41) is 6.80. The first kappa shape index (κ1) is 15.9. The fourth-order valence-corrected chi connectivity index (χ4v) is 3.40. The van der Waals surface area contributed by atoms with Crippen LogP contribution in [0.15, 0.2) is 6.33 Å². The summed E-state index contributed by atoms with van der Waals surface area (Å²) in [5.74, 6) is 1.19. The Kier molecular flexibility index (Phi) is 4.90. The quantitative estimate of drug-likeness (QED) is 0.824. The van der Waals surface area contributed by atoms with Crippen LogP contribution >= 0.6 is 0 Å². The van der Waals surface area contributed by atoms with E-state index in [2.05, 4.69) is 15.2 Å². The highest BCUT2D eigenvalue weighted by Crippen LogP contribution is 2.27. The van der Waals surface area contributed by atoms with E-state index in [4.69, 9.17) is 4.74 Å². The molecular formula is C15H23N5O3. The van der Waals surface area contributed by atoms with E-state index >= 15 is 0 Å². The van der Waals surface area contributed by atoms with Crippen LogP contribution in [0, 0.1) is 5.92 Å². The molecule has 1 atom stereocenters. The van der Waals surface area contributed by atoms with Crippen molar-refractivity contribution in [2.75, 3.05) is 39.9 Å². The highest BCUT2D eigenvalue weighted by Gasteiger charge is 2.37. The second-order valence-corrected chi connectivity index (χ2v) is 6.20. The summed E-state index contributed by atoms with van der Waals surface area (Å²) in [5.41, 5.74) is 0. The molecule has 2 aliphatic rings. The van der Waals surface area contributed by atoms with Crippen molar-refractivity contribution in [3.05, 3.63) is 12.2 Å². The lowest BCUT2D eigenvalue weighted by Crippen LogP contribution is -2.42. The van der Waals surface area contributed by atoms with Crippen molar-refractivity contribution in [1.29, 1.82) is 0 Å².